The molecule has 0 bridgehead atoms. The van der Waals surface area contributed by atoms with Crippen molar-refractivity contribution in [2.75, 3.05) is 19.7 Å². The summed E-state index contributed by atoms with van der Waals surface area (Å²) in [4.78, 5) is 13.0. The van der Waals surface area contributed by atoms with Crippen LogP contribution in [-0.4, -0.2) is 42.2 Å². The van der Waals surface area contributed by atoms with Gasteiger partial charge in [0.25, 0.3) is 0 Å². The number of rotatable bonds is 9. The molecule has 0 aliphatic carbocycles. The maximum absolute atomic E-state index is 13.0. The van der Waals surface area contributed by atoms with Crippen LogP contribution in [0.2, 0.25) is 0 Å². The number of carbonyl (C=O) groups is 1. The number of nitrogens with zero attached hydrogens (tertiary/aromatic N) is 1. The first-order valence-corrected chi connectivity index (χ1v) is 11.6. The second-order valence-corrected chi connectivity index (χ2v) is 8.38. The Labute approximate surface area is 218 Å². The van der Waals surface area contributed by atoms with Gasteiger partial charge in [0.15, 0.2) is 0 Å². The summed E-state index contributed by atoms with van der Waals surface area (Å²) in [5, 5.41) is 12.1. The Morgan fingerprint density at radius 3 is 2.51 bits per heavy atom. The number of halogens is 2. The van der Waals surface area contributed by atoms with Crippen LogP contribution in [0.4, 0.5) is 0 Å². The summed E-state index contributed by atoms with van der Waals surface area (Å²) in [6.45, 7) is 6.83. The number of esters is 1. The number of aromatic nitrogens is 1. The Morgan fingerprint density at radius 2 is 1.91 bits per heavy atom. The lowest BCUT2D eigenvalue weighted by molar-refractivity contribution is -0.145. The standard InChI is InChI=1S/C26H32N4O3.2ClH/c1-3-30-20(13-18-5-6-19(25(27)28)14-24(18)30)15-23(26(31)32-4-2)17-7-9-21(10-8-17)33-22-11-12-29-16-22;;/h5-10,13-14,22-23,29H,3-4,11-12,15-16H2,1-2H3,(H3,27,28);2*1H/t22-,23?;;/m1../s1. The first-order valence-electron chi connectivity index (χ1n) is 11.6. The van der Waals surface area contributed by atoms with Crippen LogP contribution in [0.15, 0.2) is 48.5 Å². The Morgan fingerprint density at radius 1 is 1.17 bits per heavy atom. The van der Waals surface area contributed by atoms with E-state index in [0.717, 1.165) is 54.0 Å². The molecule has 0 spiro atoms. The first-order chi connectivity index (χ1) is 16.0. The molecule has 1 aliphatic heterocycles. The van der Waals surface area contributed by atoms with E-state index < -0.39 is 5.92 Å². The summed E-state index contributed by atoms with van der Waals surface area (Å²) in [7, 11) is 0. The summed E-state index contributed by atoms with van der Waals surface area (Å²) < 4.78 is 13.6. The van der Waals surface area contributed by atoms with Gasteiger partial charge in [-0.1, -0.05) is 24.3 Å². The number of benzene rings is 2. The zero-order chi connectivity index (χ0) is 23.4. The molecule has 1 unspecified atom stereocenters. The van der Waals surface area contributed by atoms with Crippen molar-refractivity contribution in [1.82, 2.24) is 9.88 Å². The third kappa shape index (κ3) is 6.48. The maximum Gasteiger partial charge on any atom is 0.313 e. The fourth-order valence-electron chi connectivity index (χ4n) is 4.51. The lowest BCUT2D eigenvalue weighted by Gasteiger charge is -2.19. The van der Waals surface area contributed by atoms with E-state index in [2.05, 4.69) is 22.9 Å². The molecule has 1 fully saturated rings. The minimum absolute atomic E-state index is 0. The average molecular weight is 521 g/mol. The van der Waals surface area contributed by atoms with Gasteiger partial charge in [-0.25, -0.2) is 0 Å². The number of carbonyl (C=O) groups excluding carboxylic acids is 1. The second-order valence-electron chi connectivity index (χ2n) is 8.38. The van der Waals surface area contributed by atoms with E-state index in [4.69, 9.17) is 20.6 Å². The van der Waals surface area contributed by atoms with E-state index in [9.17, 15) is 4.79 Å². The fourth-order valence-corrected chi connectivity index (χ4v) is 4.51. The van der Waals surface area contributed by atoms with Crippen molar-refractivity contribution in [3.63, 3.8) is 0 Å². The largest absolute Gasteiger partial charge is 0.489 e. The Balaban J connectivity index is 0.00000216. The molecule has 1 aliphatic rings. The van der Waals surface area contributed by atoms with Gasteiger partial charge in [-0.05, 0) is 62.0 Å². The second kappa shape index (κ2) is 12.8. The van der Waals surface area contributed by atoms with Gasteiger partial charge in [0.2, 0.25) is 0 Å². The van der Waals surface area contributed by atoms with Gasteiger partial charge in [-0.3, -0.25) is 10.2 Å². The minimum atomic E-state index is -0.422. The number of aryl methyl sites for hydroxylation is 1. The van der Waals surface area contributed by atoms with Crippen LogP contribution in [0.3, 0.4) is 0 Å². The number of hydrogen-bond acceptors (Lipinski definition) is 5. The van der Waals surface area contributed by atoms with Crippen LogP contribution in [0.1, 0.15) is 43.0 Å². The fraction of sp³-hybridized carbons (Fsp3) is 0.385. The summed E-state index contributed by atoms with van der Waals surface area (Å²) in [6, 6.07) is 15.7. The molecular weight excluding hydrogens is 487 g/mol. The average Bonchev–Trinajstić information content (AvgIpc) is 3.44. The van der Waals surface area contributed by atoms with E-state index in [1.165, 1.54) is 0 Å². The van der Waals surface area contributed by atoms with Gasteiger partial charge in [0, 0.05) is 36.3 Å². The number of nitrogen functional groups attached to an aromatic ring is 1. The first kappa shape index (κ1) is 28.5. The Bertz CT molecular complexity index is 1140. The van der Waals surface area contributed by atoms with E-state index in [-0.39, 0.29) is 42.7 Å². The van der Waals surface area contributed by atoms with Crippen LogP contribution in [0, 0.1) is 5.41 Å². The zero-order valence-corrected chi connectivity index (χ0v) is 21.7. The molecule has 0 saturated carbocycles. The highest BCUT2D eigenvalue weighted by atomic mass is 35.5. The van der Waals surface area contributed by atoms with Gasteiger partial charge in [0.1, 0.15) is 17.7 Å². The number of hydrogen-bond donors (Lipinski definition) is 3. The predicted octanol–water partition coefficient (Wildman–Crippen LogP) is 4.42. The molecule has 2 heterocycles. The molecule has 1 aromatic heterocycles. The molecule has 190 valence electrons. The van der Waals surface area contributed by atoms with E-state index in [1.807, 2.05) is 49.4 Å². The minimum Gasteiger partial charge on any atom is -0.489 e. The third-order valence-corrected chi connectivity index (χ3v) is 6.20. The predicted molar refractivity (Wildman–Crippen MR) is 145 cm³/mol. The topological polar surface area (TPSA) is 102 Å². The molecule has 7 nitrogen and oxygen atoms in total. The molecule has 3 aromatic rings. The van der Waals surface area contributed by atoms with Gasteiger partial charge in [0.05, 0.1) is 12.5 Å². The molecule has 4 N–H and O–H groups in total. The molecule has 1 saturated heterocycles. The number of fused-ring (bicyclic) bond motifs is 1. The van der Waals surface area contributed by atoms with Crippen LogP contribution in [0.5, 0.6) is 5.75 Å². The summed E-state index contributed by atoms with van der Waals surface area (Å²) in [5.74, 6) is 0.203. The summed E-state index contributed by atoms with van der Waals surface area (Å²) >= 11 is 0. The van der Waals surface area contributed by atoms with Crippen LogP contribution >= 0.6 is 24.8 Å². The molecule has 0 amide bonds. The molecule has 2 atom stereocenters. The monoisotopic (exact) mass is 520 g/mol. The lowest BCUT2D eigenvalue weighted by Crippen LogP contribution is -2.20. The molecule has 4 rings (SSSR count). The SMILES string of the molecule is CCOC(=O)C(Cc1cc2ccc(C(=N)N)cc2n1CC)c1ccc(O[C@@H]2CCNC2)cc1.Cl.Cl. The molecule has 2 aromatic carbocycles. The molecule has 35 heavy (non-hydrogen) atoms. The third-order valence-electron chi connectivity index (χ3n) is 6.20. The quantitative estimate of drug-likeness (QED) is 0.220. The molecule has 9 heteroatoms. The Hall–Kier alpha value is -2.74. The maximum atomic E-state index is 13.0. The number of ether oxygens (including phenoxy) is 2. The van der Waals surface area contributed by atoms with Crippen LogP contribution in [-0.2, 0) is 22.5 Å². The van der Waals surface area contributed by atoms with Crippen molar-refractivity contribution < 1.29 is 14.3 Å². The van der Waals surface area contributed by atoms with Crippen LogP contribution in [0.25, 0.3) is 10.9 Å². The molecular formula is C26H34Cl2N4O3. The van der Waals surface area contributed by atoms with Crippen molar-refractivity contribution in [2.24, 2.45) is 5.73 Å². The Kier molecular flexibility index (Phi) is 10.4. The number of nitrogens with one attached hydrogen (secondary N) is 2. The van der Waals surface area contributed by atoms with Gasteiger partial charge < -0.3 is 25.1 Å². The van der Waals surface area contributed by atoms with Gasteiger partial charge >= 0.3 is 5.97 Å². The van der Waals surface area contributed by atoms with E-state index in [0.29, 0.717) is 18.6 Å². The lowest BCUT2D eigenvalue weighted by atomic mass is 9.94. The number of amidine groups is 1. The smallest absolute Gasteiger partial charge is 0.313 e. The van der Waals surface area contributed by atoms with Gasteiger partial charge in [-0.15, -0.1) is 24.8 Å². The van der Waals surface area contributed by atoms with Crippen molar-refractivity contribution in [3.8, 4) is 5.75 Å². The highest BCUT2D eigenvalue weighted by Crippen LogP contribution is 2.29. The van der Waals surface area contributed by atoms with Gasteiger partial charge in [-0.2, -0.15) is 0 Å². The summed E-state index contributed by atoms with van der Waals surface area (Å²) in [5.41, 5.74) is 9.35. The number of nitrogens with two attached hydrogens (primary N) is 1. The highest BCUT2D eigenvalue weighted by Gasteiger charge is 2.25. The van der Waals surface area contributed by atoms with E-state index >= 15 is 0 Å². The van der Waals surface area contributed by atoms with Crippen molar-refractivity contribution in [2.45, 2.75) is 45.3 Å². The summed E-state index contributed by atoms with van der Waals surface area (Å²) in [6.07, 6.45) is 1.71. The van der Waals surface area contributed by atoms with Crippen molar-refractivity contribution in [3.05, 3.63) is 65.4 Å². The van der Waals surface area contributed by atoms with Crippen molar-refractivity contribution in [1.29, 1.82) is 5.41 Å². The normalized spacial score (nSPS) is 15.7. The van der Waals surface area contributed by atoms with Crippen molar-refractivity contribution >= 4 is 47.5 Å². The molecule has 0 radical (unpaired) electrons. The highest BCUT2D eigenvalue weighted by molar-refractivity contribution is 5.98. The zero-order valence-electron chi connectivity index (χ0n) is 20.1. The van der Waals surface area contributed by atoms with Crippen LogP contribution < -0.4 is 15.8 Å². The van der Waals surface area contributed by atoms with E-state index in [1.54, 1.807) is 0 Å².